The van der Waals surface area contributed by atoms with Crippen LogP contribution in [0.25, 0.3) is 22.5 Å². The third-order valence-corrected chi connectivity index (χ3v) is 6.01. The minimum Gasteiger partial charge on any atom is -0.318 e. The Labute approximate surface area is 190 Å². The van der Waals surface area contributed by atoms with Gasteiger partial charge in [0.05, 0.1) is 6.54 Å². The van der Waals surface area contributed by atoms with Crippen LogP contribution in [0.3, 0.4) is 0 Å². The normalized spacial score (nSPS) is 15.0. The van der Waals surface area contributed by atoms with Gasteiger partial charge in [-0.2, -0.15) is 0 Å². The number of hydrogen-bond donors (Lipinski definition) is 1. The third kappa shape index (κ3) is 3.69. The molecule has 1 aliphatic heterocycles. The number of aromatic nitrogens is 1. The van der Waals surface area contributed by atoms with Gasteiger partial charge in [-0.1, -0.05) is 48.5 Å². The second kappa shape index (κ2) is 8.06. The second-order valence-electron chi connectivity index (χ2n) is 8.16. The largest absolute Gasteiger partial charge is 0.329 e. The van der Waals surface area contributed by atoms with Gasteiger partial charge >= 0.3 is 6.03 Å². The summed E-state index contributed by atoms with van der Waals surface area (Å²) in [6.45, 7) is 3.86. The minimum atomic E-state index is -0.558. The molecule has 0 aliphatic carbocycles. The highest BCUT2D eigenvalue weighted by Gasteiger charge is 2.34. The van der Waals surface area contributed by atoms with E-state index in [1.54, 1.807) is 24.3 Å². The van der Waals surface area contributed by atoms with E-state index in [1.165, 1.54) is 11.5 Å². The molecule has 5 nitrogen and oxygen atoms in total. The number of halogens is 1. The van der Waals surface area contributed by atoms with E-state index in [0.717, 1.165) is 32.9 Å². The van der Waals surface area contributed by atoms with Gasteiger partial charge in [0.1, 0.15) is 11.5 Å². The molecule has 3 aromatic carbocycles. The SMILES string of the molecule is Cc1cc(/C=C2/NC(=O)N(Cc3ccccc3F)C2=O)c(C)n1-c1ccc2ccccc2c1. The number of nitrogens with one attached hydrogen (secondary N) is 1. The van der Waals surface area contributed by atoms with E-state index in [4.69, 9.17) is 0 Å². The van der Waals surface area contributed by atoms with Gasteiger partial charge in [-0.25, -0.2) is 9.18 Å². The molecule has 0 saturated carbocycles. The molecule has 1 saturated heterocycles. The van der Waals surface area contributed by atoms with E-state index in [9.17, 15) is 14.0 Å². The topological polar surface area (TPSA) is 54.3 Å². The highest BCUT2D eigenvalue weighted by atomic mass is 19.1. The van der Waals surface area contributed by atoms with Gasteiger partial charge in [0.25, 0.3) is 5.91 Å². The lowest BCUT2D eigenvalue weighted by molar-refractivity contribution is -0.123. The first-order valence-electron chi connectivity index (χ1n) is 10.7. The van der Waals surface area contributed by atoms with E-state index in [1.807, 2.05) is 32.0 Å². The van der Waals surface area contributed by atoms with Crippen LogP contribution in [0.2, 0.25) is 0 Å². The van der Waals surface area contributed by atoms with Crippen molar-refractivity contribution in [2.45, 2.75) is 20.4 Å². The standard InChI is InChI=1S/C27H22FN3O2/c1-17-13-22(18(2)31(17)23-12-11-19-7-3-4-8-20(19)14-23)15-25-26(32)30(27(33)29-25)16-21-9-5-6-10-24(21)28/h3-15H,16H2,1-2H3,(H,29,33)/b25-15+. The van der Waals surface area contributed by atoms with Crippen LogP contribution < -0.4 is 5.32 Å². The van der Waals surface area contributed by atoms with Gasteiger partial charge < -0.3 is 9.88 Å². The zero-order chi connectivity index (χ0) is 23.1. The van der Waals surface area contributed by atoms with Crippen LogP contribution in [0.1, 0.15) is 22.5 Å². The fourth-order valence-electron chi connectivity index (χ4n) is 4.31. The summed E-state index contributed by atoms with van der Waals surface area (Å²) in [6, 6.07) is 22.0. The maximum atomic E-state index is 14.0. The number of aryl methyl sites for hydroxylation is 1. The van der Waals surface area contributed by atoms with Crippen LogP contribution in [-0.2, 0) is 11.3 Å². The zero-order valence-corrected chi connectivity index (χ0v) is 18.3. The number of imide groups is 1. The quantitative estimate of drug-likeness (QED) is 0.338. The lowest BCUT2D eigenvalue weighted by Gasteiger charge is -2.12. The first-order chi connectivity index (χ1) is 15.9. The van der Waals surface area contributed by atoms with Gasteiger partial charge in [-0.3, -0.25) is 9.69 Å². The van der Waals surface area contributed by atoms with Crippen molar-refractivity contribution >= 4 is 28.8 Å². The predicted octanol–water partition coefficient (Wildman–Crippen LogP) is 5.48. The molecular weight excluding hydrogens is 417 g/mol. The van der Waals surface area contributed by atoms with E-state index >= 15 is 0 Å². The Balaban J connectivity index is 1.47. The number of amides is 3. The molecule has 6 heteroatoms. The number of carbonyl (C=O) groups excluding carboxylic acids is 2. The number of benzene rings is 3. The monoisotopic (exact) mass is 439 g/mol. The Morgan fingerprint density at radius 3 is 2.42 bits per heavy atom. The van der Waals surface area contributed by atoms with Crippen molar-refractivity contribution in [3.8, 4) is 5.69 Å². The van der Waals surface area contributed by atoms with Crippen LogP contribution in [0.15, 0.2) is 78.5 Å². The molecule has 0 unspecified atom stereocenters. The fraction of sp³-hybridized carbons (Fsp3) is 0.111. The van der Waals surface area contributed by atoms with Crippen molar-refractivity contribution in [2.75, 3.05) is 0 Å². The molecule has 1 aromatic heterocycles. The summed E-state index contributed by atoms with van der Waals surface area (Å²) >= 11 is 0. The molecule has 5 rings (SSSR count). The summed E-state index contributed by atoms with van der Waals surface area (Å²) in [7, 11) is 0. The number of hydrogen-bond acceptors (Lipinski definition) is 2. The van der Waals surface area contributed by atoms with Gasteiger partial charge in [0.2, 0.25) is 0 Å². The molecule has 164 valence electrons. The number of carbonyl (C=O) groups is 2. The molecule has 4 aromatic rings. The maximum absolute atomic E-state index is 14.0. The highest BCUT2D eigenvalue weighted by Crippen LogP contribution is 2.26. The summed E-state index contributed by atoms with van der Waals surface area (Å²) in [5.41, 5.74) is 4.28. The first-order valence-corrected chi connectivity index (χ1v) is 10.7. The highest BCUT2D eigenvalue weighted by molar-refractivity contribution is 6.14. The summed E-state index contributed by atoms with van der Waals surface area (Å²) < 4.78 is 16.1. The Morgan fingerprint density at radius 1 is 0.909 bits per heavy atom. The summed E-state index contributed by atoms with van der Waals surface area (Å²) in [5.74, 6) is -0.923. The number of rotatable bonds is 4. The molecule has 1 fully saturated rings. The Hall–Kier alpha value is -4.19. The van der Waals surface area contributed by atoms with Crippen molar-refractivity contribution in [1.82, 2.24) is 14.8 Å². The molecule has 1 aliphatic rings. The molecule has 3 amide bonds. The molecule has 0 bridgehead atoms. The zero-order valence-electron chi connectivity index (χ0n) is 18.3. The Kier molecular flexibility index (Phi) is 5.05. The summed E-state index contributed by atoms with van der Waals surface area (Å²) in [5, 5.41) is 4.94. The van der Waals surface area contributed by atoms with Crippen LogP contribution >= 0.6 is 0 Å². The maximum Gasteiger partial charge on any atom is 0.329 e. The molecule has 0 atom stereocenters. The first kappa shape index (κ1) is 20.7. The molecule has 0 radical (unpaired) electrons. The smallest absolute Gasteiger partial charge is 0.318 e. The fourth-order valence-corrected chi connectivity index (χ4v) is 4.31. The molecule has 33 heavy (non-hydrogen) atoms. The molecule has 2 heterocycles. The van der Waals surface area contributed by atoms with Gasteiger partial charge in [0, 0.05) is 22.6 Å². The van der Waals surface area contributed by atoms with Crippen molar-refractivity contribution in [1.29, 1.82) is 0 Å². The lowest BCUT2D eigenvalue weighted by Crippen LogP contribution is -2.30. The van der Waals surface area contributed by atoms with Crippen LogP contribution in [0.5, 0.6) is 0 Å². The van der Waals surface area contributed by atoms with Crippen molar-refractivity contribution in [2.24, 2.45) is 0 Å². The van der Waals surface area contributed by atoms with Gasteiger partial charge in [0.15, 0.2) is 0 Å². The average Bonchev–Trinajstić information content (AvgIpc) is 3.24. The van der Waals surface area contributed by atoms with E-state index in [2.05, 4.69) is 40.2 Å². The van der Waals surface area contributed by atoms with Crippen LogP contribution in [0, 0.1) is 19.7 Å². The molecular formula is C27H22FN3O2. The minimum absolute atomic E-state index is 0.120. The van der Waals surface area contributed by atoms with E-state index < -0.39 is 17.8 Å². The van der Waals surface area contributed by atoms with Crippen molar-refractivity contribution in [3.05, 3.63) is 107 Å². The van der Waals surface area contributed by atoms with E-state index in [-0.39, 0.29) is 17.8 Å². The van der Waals surface area contributed by atoms with Crippen LogP contribution in [0.4, 0.5) is 9.18 Å². The van der Waals surface area contributed by atoms with Crippen LogP contribution in [-0.4, -0.2) is 21.4 Å². The second-order valence-corrected chi connectivity index (χ2v) is 8.16. The van der Waals surface area contributed by atoms with Gasteiger partial charge in [-0.15, -0.1) is 0 Å². The van der Waals surface area contributed by atoms with E-state index in [0.29, 0.717) is 0 Å². The molecule has 1 N–H and O–H groups in total. The summed E-state index contributed by atoms with van der Waals surface area (Å²) in [4.78, 5) is 26.4. The molecule has 0 spiro atoms. The predicted molar refractivity (Wildman–Crippen MR) is 126 cm³/mol. The number of fused-ring (bicyclic) bond motifs is 1. The van der Waals surface area contributed by atoms with Crippen molar-refractivity contribution < 1.29 is 14.0 Å². The van der Waals surface area contributed by atoms with Crippen molar-refractivity contribution in [3.63, 3.8) is 0 Å². The summed E-state index contributed by atoms with van der Waals surface area (Å²) in [6.07, 6.45) is 1.68. The number of urea groups is 1. The Bertz CT molecular complexity index is 1450. The van der Waals surface area contributed by atoms with Gasteiger partial charge in [-0.05, 0) is 60.5 Å². The lowest BCUT2D eigenvalue weighted by atomic mass is 10.1. The Morgan fingerprint density at radius 2 is 1.64 bits per heavy atom. The third-order valence-electron chi connectivity index (χ3n) is 6.01. The average molecular weight is 439 g/mol. The number of nitrogens with zero attached hydrogens (tertiary/aromatic N) is 2.